The molecule has 0 amide bonds. The summed E-state index contributed by atoms with van der Waals surface area (Å²) in [4.78, 5) is 15.2. The van der Waals surface area contributed by atoms with Gasteiger partial charge in [-0.15, -0.1) is 11.3 Å². The highest BCUT2D eigenvalue weighted by molar-refractivity contribution is 7.15. The summed E-state index contributed by atoms with van der Waals surface area (Å²) in [7, 11) is 3.53. The van der Waals surface area contributed by atoms with E-state index in [9.17, 15) is 13.6 Å². The molecule has 0 radical (unpaired) electrons. The molecule has 3 N–H and O–H groups in total. The van der Waals surface area contributed by atoms with Gasteiger partial charge >= 0.3 is 5.69 Å². The van der Waals surface area contributed by atoms with E-state index in [2.05, 4.69) is 10.2 Å². The number of hydrogen-bond donors (Lipinski definition) is 2. The van der Waals surface area contributed by atoms with Gasteiger partial charge in [-0.3, -0.25) is 4.57 Å². The Morgan fingerprint density at radius 3 is 2.79 bits per heavy atom. The van der Waals surface area contributed by atoms with Crippen LogP contribution in [0.25, 0.3) is 10.4 Å². The highest BCUT2D eigenvalue weighted by Gasteiger charge is 2.16. The normalized spacial score (nSPS) is 11.8. The largest absolute Gasteiger partial charge is 0.375 e. The molecular weight excluding hydrogens is 384 g/mol. The lowest BCUT2D eigenvalue weighted by atomic mass is 9.98. The van der Waals surface area contributed by atoms with Crippen LogP contribution in [0.5, 0.6) is 0 Å². The van der Waals surface area contributed by atoms with Crippen molar-refractivity contribution in [3.63, 3.8) is 0 Å². The third kappa shape index (κ3) is 4.20. The van der Waals surface area contributed by atoms with Crippen LogP contribution in [0.15, 0.2) is 47.3 Å². The lowest BCUT2D eigenvalue weighted by molar-refractivity contribution is 0.624. The van der Waals surface area contributed by atoms with E-state index in [1.165, 1.54) is 28.3 Å². The Morgan fingerprint density at radius 1 is 1.39 bits per heavy atom. The van der Waals surface area contributed by atoms with Crippen molar-refractivity contribution in [2.45, 2.75) is 13.0 Å². The van der Waals surface area contributed by atoms with Gasteiger partial charge in [-0.05, 0) is 47.4 Å². The van der Waals surface area contributed by atoms with Crippen molar-refractivity contribution in [1.82, 2.24) is 14.8 Å². The molecule has 0 aliphatic rings. The molecule has 3 rings (SSSR count). The fourth-order valence-corrected chi connectivity index (χ4v) is 3.94. The van der Waals surface area contributed by atoms with Gasteiger partial charge in [0.2, 0.25) is 0 Å². The van der Waals surface area contributed by atoms with Crippen LogP contribution in [0.1, 0.15) is 10.4 Å². The summed E-state index contributed by atoms with van der Waals surface area (Å²) in [6.07, 6.45) is 2.14. The smallest absolute Gasteiger partial charge is 0.343 e. The van der Waals surface area contributed by atoms with Gasteiger partial charge in [0.15, 0.2) is 0 Å². The molecule has 0 aliphatic carbocycles. The molecule has 1 aromatic carbocycles. The van der Waals surface area contributed by atoms with Gasteiger partial charge in [-0.2, -0.15) is 5.10 Å². The van der Waals surface area contributed by atoms with Crippen molar-refractivity contribution in [3.8, 4) is 10.4 Å². The highest BCUT2D eigenvalue weighted by atomic mass is 32.1. The number of halogens is 2. The molecule has 28 heavy (non-hydrogen) atoms. The van der Waals surface area contributed by atoms with Crippen LogP contribution in [-0.4, -0.2) is 35.4 Å². The molecule has 0 unspecified atom stereocenters. The molecule has 2 heterocycles. The first-order valence-electron chi connectivity index (χ1n) is 8.59. The van der Waals surface area contributed by atoms with E-state index >= 15 is 0 Å². The van der Waals surface area contributed by atoms with Gasteiger partial charge < -0.3 is 10.6 Å². The minimum Gasteiger partial charge on any atom is -0.375 e. The first kappa shape index (κ1) is 20.0. The minimum absolute atomic E-state index is 0.0616. The predicted octanol–water partition coefficient (Wildman–Crippen LogP) is 2.91. The molecule has 0 saturated carbocycles. The van der Waals surface area contributed by atoms with Crippen molar-refractivity contribution in [2.24, 2.45) is 5.73 Å². The van der Waals surface area contributed by atoms with Crippen LogP contribution in [0.4, 0.5) is 14.5 Å². The molecule has 0 bridgehead atoms. The first-order chi connectivity index (χ1) is 13.4. The number of benzene rings is 1. The van der Waals surface area contributed by atoms with E-state index < -0.39 is 0 Å². The second kappa shape index (κ2) is 8.49. The number of aromatic amines is 1. The summed E-state index contributed by atoms with van der Waals surface area (Å²) in [5, 5.41) is 6.08. The second-order valence-corrected chi connectivity index (χ2v) is 7.73. The molecule has 0 atom stereocenters. The van der Waals surface area contributed by atoms with Gasteiger partial charge in [0, 0.05) is 30.4 Å². The van der Waals surface area contributed by atoms with E-state index in [4.69, 9.17) is 5.73 Å². The lowest BCUT2D eigenvalue weighted by Crippen LogP contribution is -2.16. The van der Waals surface area contributed by atoms with E-state index in [1.807, 2.05) is 12.1 Å². The predicted molar refractivity (Wildman–Crippen MR) is 108 cm³/mol. The highest BCUT2D eigenvalue weighted by Crippen LogP contribution is 2.36. The molecule has 2 aromatic heterocycles. The number of anilines is 1. The van der Waals surface area contributed by atoms with Gasteiger partial charge in [-0.1, -0.05) is 0 Å². The Bertz CT molecular complexity index is 1050. The van der Waals surface area contributed by atoms with Gasteiger partial charge in [-0.25, -0.2) is 18.7 Å². The fourth-order valence-electron chi connectivity index (χ4n) is 2.88. The molecule has 0 fully saturated rings. The average molecular weight is 405 g/mol. The topological polar surface area (TPSA) is 79.9 Å². The maximum Gasteiger partial charge on any atom is 0.343 e. The Hall–Kier alpha value is -2.78. The van der Waals surface area contributed by atoms with Crippen LogP contribution in [0.2, 0.25) is 0 Å². The molecule has 0 aliphatic heterocycles. The minimum atomic E-state index is -0.374. The van der Waals surface area contributed by atoms with Crippen molar-refractivity contribution < 1.29 is 8.78 Å². The summed E-state index contributed by atoms with van der Waals surface area (Å²) < 4.78 is 29.0. The maximum absolute atomic E-state index is 14.5. The van der Waals surface area contributed by atoms with Gasteiger partial charge in [0.05, 0.1) is 18.6 Å². The van der Waals surface area contributed by atoms with Crippen LogP contribution in [0, 0.1) is 5.82 Å². The van der Waals surface area contributed by atoms with Crippen molar-refractivity contribution >= 4 is 17.0 Å². The van der Waals surface area contributed by atoms with E-state index in [0.717, 1.165) is 15.3 Å². The lowest BCUT2D eigenvalue weighted by Gasteiger charge is -2.18. The average Bonchev–Trinajstić information content (AvgIpc) is 3.29. The zero-order chi connectivity index (χ0) is 20.3. The number of nitrogens with zero attached hydrogens (tertiary/aromatic N) is 3. The van der Waals surface area contributed by atoms with Crippen LogP contribution < -0.4 is 16.3 Å². The summed E-state index contributed by atoms with van der Waals surface area (Å²) in [6, 6.07) is 7.03. The molecule has 9 heteroatoms. The number of hydrogen-bond acceptors (Lipinski definition) is 5. The number of H-pyrrole nitrogens is 1. The van der Waals surface area contributed by atoms with Gasteiger partial charge in [0.1, 0.15) is 12.1 Å². The van der Waals surface area contributed by atoms with Crippen LogP contribution in [0.3, 0.4) is 0 Å². The van der Waals surface area contributed by atoms with Crippen molar-refractivity contribution in [2.75, 3.05) is 25.5 Å². The molecule has 3 aromatic rings. The monoisotopic (exact) mass is 405 g/mol. The number of aromatic nitrogens is 3. The summed E-state index contributed by atoms with van der Waals surface area (Å²) in [5.41, 5.74) is 7.60. The van der Waals surface area contributed by atoms with E-state index in [1.54, 1.807) is 25.1 Å². The molecule has 0 saturated heterocycles. The van der Waals surface area contributed by atoms with E-state index in [-0.39, 0.29) is 24.5 Å². The SMILES string of the molecule is CN(C)c1cc(-c2ccc(Cn3cn[nH]c3=O)s2)c(C/C(=C\F)CN)cc1F. The fraction of sp³-hybridized carbons (Fsp3) is 0.263. The zero-order valence-corrected chi connectivity index (χ0v) is 16.4. The standard InChI is InChI=1S/C19H21F2N5OS/c1-25(2)17-7-15(13(6-16(17)21)5-12(8-20)9-22)18-4-3-14(28-18)10-26-11-23-24-19(26)27/h3-4,6-8,11H,5,9-10,22H2,1-2H3,(H,24,27)/b12-8+. The van der Waals surface area contributed by atoms with Crippen LogP contribution in [-0.2, 0) is 13.0 Å². The molecule has 148 valence electrons. The molecule has 6 nitrogen and oxygen atoms in total. The van der Waals surface area contributed by atoms with Gasteiger partial charge in [0.25, 0.3) is 0 Å². The first-order valence-corrected chi connectivity index (χ1v) is 9.41. The number of nitrogens with one attached hydrogen (secondary N) is 1. The number of thiophene rings is 1. The van der Waals surface area contributed by atoms with Crippen molar-refractivity contribution in [3.05, 3.63) is 69.2 Å². The van der Waals surface area contributed by atoms with Crippen LogP contribution >= 0.6 is 11.3 Å². The third-order valence-corrected chi connectivity index (χ3v) is 5.46. The third-order valence-electron chi connectivity index (χ3n) is 4.36. The second-order valence-electron chi connectivity index (χ2n) is 6.56. The summed E-state index contributed by atoms with van der Waals surface area (Å²) in [5.74, 6) is -0.374. The zero-order valence-electron chi connectivity index (χ0n) is 15.6. The maximum atomic E-state index is 14.5. The summed E-state index contributed by atoms with van der Waals surface area (Å²) in [6.45, 7) is 0.446. The summed E-state index contributed by atoms with van der Waals surface area (Å²) >= 11 is 1.49. The molecular formula is C19H21F2N5OS. The van der Waals surface area contributed by atoms with Crippen molar-refractivity contribution in [1.29, 1.82) is 0 Å². The Kier molecular flexibility index (Phi) is 6.05. The Balaban J connectivity index is 2.02. The Labute approximate surface area is 164 Å². The number of nitrogens with two attached hydrogens (primary N) is 1. The number of rotatable bonds is 7. The molecule has 0 spiro atoms. The van der Waals surface area contributed by atoms with E-state index in [0.29, 0.717) is 29.7 Å². The Morgan fingerprint density at radius 2 is 2.18 bits per heavy atom. The quantitative estimate of drug-likeness (QED) is 0.633.